The molecule has 1 aliphatic rings. The Morgan fingerprint density at radius 2 is 1.90 bits per heavy atom. The fraction of sp³-hybridized carbons (Fsp3) is 0.238. The van der Waals surface area contributed by atoms with E-state index in [1.54, 1.807) is 25.1 Å². The number of carbonyl (C=O) groups is 1. The Morgan fingerprint density at radius 1 is 1.10 bits per heavy atom. The van der Waals surface area contributed by atoms with Gasteiger partial charge in [0, 0.05) is 23.8 Å². The van der Waals surface area contributed by atoms with Crippen LogP contribution in [0.25, 0.3) is 22.3 Å². The number of fused-ring (bicyclic) bond motifs is 2. The fourth-order valence-corrected chi connectivity index (χ4v) is 3.01. The van der Waals surface area contributed by atoms with Crippen molar-refractivity contribution in [2.75, 3.05) is 26.4 Å². The largest absolute Gasteiger partial charge is 0.507 e. The van der Waals surface area contributed by atoms with E-state index in [2.05, 4.69) is 0 Å². The summed E-state index contributed by atoms with van der Waals surface area (Å²) in [6.07, 6.45) is 0. The maximum absolute atomic E-state index is 12.6. The number of hydrogen-bond acceptors (Lipinski definition) is 8. The van der Waals surface area contributed by atoms with Crippen molar-refractivity contribution in [3.05, 3.63) is 46.6 Å². The second-order valence-electron chi connectivity index (χ2n) is 6.24. The highest BCUT2D eigenvalue weighted by atomic mass is 16.6. The van der Waals surface area contributed by atoms with Crippen LogP contribution >= 0.6 is 0 Å². The van der Waals surface area contributed by atoms with E-state index in [0.717, 1.165) is 0 Å². The van der Waals surface area contributed by atoms with Gasteiger partial charge < -0.3 is 28.5 Å². The highest BCUT2D eigenvalue weighted by Gasteiger charge is 2.17. The summed E-state index contributed by atoms with van der Waals surface area (Å²) >= 11 is 0. The van der Waals surface area contributed by atoms with Crippen LogP contribution in [0, 0.1) is 0 Å². The lowest BCUT2D eigenvalue weighted by molar-refractivity contribution is -0.145. The smallest absolute Gasteiger partial charge is 0.344 e. The van der Waals surface area contributed by atoms with Crippen molar-refractivity contribution in [3.63, 3.8) is 0 Å². The molecule has 0 spiro atoms. The molecule has 8 nitrogen and oxygen atoms in total. The number of aromatic hydroxyl groups is 1. The van der Waals surface area contributed by atoms with Gasteiger partial charge in [-0.25, -0.2) is 4.79 Å². The first kappa shape index (κ1) is 18.7. The molecule has 0 bridgehead atoms. The topological polar surface area (TPSA) is 104 Å². The van der Waals surface area contributed by atoms with E-state index in [0.29, 0.717) is 36.0 Å². The van der Waals surface area contributed by atoms with Crippen LogP contribution in [0.3, 0.4) is 0 Å². The first-order valence-corrected chi connectivity index (χ1v) is 9.04. The van der Waals surface area contributed by atoms with Gasteiger partial charge in [-0.2, -0.15) is 0 Å². The number of esters is 1. The Bertz CT molecular complexity index is 1130. The summed E-state index contributed by atoms with van der Waals surface area (Å²) in [5.41, 5.74) is 0.331. The Labute approximate surface area is 165 Å². The zero-order valence-corrected chi connectivity index (χ0v) is 15.6. The summed E-state index contributed by atoms with van der Waals surface area (Å²) in [5, 5.41) is 10.3. The van der Waals surface area contributed by atoms with Crippen molar-refractivity contribution in [1.29, 1.82) is 0 Å². The van der Waals surface area contributed by atoms with E-state index in [1.807, 2.05) is 0 Å². The zero-order chi connectivity index (χ0) is 20.4. The summed E-state index contributed by atoms with van der Waals surface area (Å²) in [4.78, 5) is 24.0. The zero-order valence-electron chi connectivity index (χ0n) is 15.6. The van der Waals surface area contributed by atoms with Gasteiger partial charge in [0.15, 0.2) is 23.5 Å². The minimum absolute atomic E-state index is 0.0229. The number of ether oxygens (including phenoxy) is 4. The molecule has 150 valence electrons. The molecule has 0 saturated carbocycles. The number of phenols is 1. The van der Waals surface area contributed by atoms with E-state index in [9.17, 15) is 14.7 Å². The Kier molecular flexibility index (Phi) is 4.99. The molecule has 0 amide bonds. The lowest BCUT2D eigenvalue weighted by Crippen LogP contribution is -2.15. The third-order valence-electron chi connectivity index (χ3n) is 4.27. The van der Waals surface area contributed by atoms with Gasteiger partial charge in [0.2, 0.25) is 0 Å². The predicted octanol–water partition coefficient (Wildman–Crippen LogP) is 2.88. The molecule has 4 rings (SSSR count). The fourth-order valence-electron chi connectivity index (χ4n) is 3.01. The van der Waals surface area contributed by atoms with Gasteiger partial charge in [0.05, 0.1) is 6.61 Å². The number of phenolic OH excluding ortho intramolecular Hbond substituents is 1. The molecule has 29 heavy (non-hydrogen) atoms. The van der Waals surface area contributed by atoms with Gasteiger partial charge in [-0.3, -0.25) is 4.79 Å². The van der Waals surface area contributed by atoms with Crippen LogP contribution in [0.4, 0.5) is 0 Å². The van der Waals surface area contributed by atoms with E-state index < -0.39 is 11.4 Å². The molecule has 3 aromatic rings. The average Bonchev–Trinajstić information content (AvgIpc) is 2.71. The quantitative estimate of drug-likeness (QED) is 0.654. The normalized spacial score (nSPS) is 12.6. The SMILES string of the molecule is CCOC(=O)COc1cc(O)c2c(=O)cc(-c3ccc4c(c3)OCCO4)oc2c1. The molecule has 1 aliphatic heterocycles. The van der Waals surface area contributed by atoms with Crippen LogP contribution in [0.2, 0.25) is 0 Å². The first-order valence-electron chi connectivity index (χ1n) is 9.04. The van der Waals surface area contributed by atoms with Crippen molar-refractivity contribution in [3.8, 4) is 34.3 Å². The van der Waals surface area contributed by atoms with Crippen molar-refractivity contribution >= 4 is 16.9 Å². The van der Waals surface area contributed by atoms with Gasteiger partial charge in [0.1, 0.15) is 41.4 Å². The van der Waals surface area contributed by atoms with Crippen LogP contribution in [-0.4, -0.2) is 37.5 Å². The van der Waals surface area contributed by atoms with Crippen LogP contribution in [0.1, 0.15) is 6.92 Å². The molecule has 0 radical (unpaired) electrons. The second-order valence-corrected chi connectivity index (χ2v) is 6.24. The molecule has 1 N–H and O–H groups in total. The van der Waals surface area contributed by atoms with E-state index in [-0.39, 0.29) is 35.7 Å². The molecule has 0 unspecified atom stereocenters. The van der Waals surface area contributed by atoms with Gasteiger partial charge in [-0.1, -0.05) is 0 Å². The number of hydrogen-bond donors (Lipinski definition) is 1. The molecule has 2 aromatic carbocycles. The average molecular weight is 398 g/mol. The predicted molar refractivity (Wildman–Crippen MR) is 103 cm³/mol. The molecular weight excluding hydrogens is 380 g/mol. The number of carbonyl (C=O) groups excluding carboxylic acids is 1. The first-order chi connectivity index (χ1) is 14.0. The van der Waals surface area contributed by atoms with E-state index >= 15 is 0 Å². The summed E-state index contributed by atoms with van der Waals surface area (Å²) in [5.74, 6) is 0.802. The third-order valence-corrected chi connectivity index (χ3v) is 4.27. The van der Waals surface area contributed by atoms with Crippen LogP contribution < -0.4 is 19.6 Å². The molecule has 0 fully saturated rings. The number of rotatable bonds is 5. The minimum Gasteiger partial charge on any atom is -0.507 e. The van der Waals surface area contributed by atoms with Crippen molar-refractivity contribution in [1.82, 2.24) is 0 Å². The van der Waals surface area contributed by atoms with E-state index in [1.165, 1.54) is 18.2 Å². The summed E-state index contributed by atoms with van der Waals surface area (Å²) < 4.78 is 27.0. The molecule has 2 heterocycles. The maximum atomic E-state index is 12.6. The van der Waals surface area contributed by atoms with E-state index in [4.69, 9.17) is 23.4 Å². The maximum Gasteiger partial charge on any atom is 0.344 e. The standard InChI is InChI=1S/C21H18O8/c1-2-25-20(24)11-28-13-8-14(22)21-15(23)10-17(29-19(21)9-13)12-3-4-16-18(7-12)27-6-5-26-16/h3-4,7-10,22H,2,5-6,11H2,1H3. The monoisotopic (exact) mass is 398 g/mol. The third kappa shape index (κ3) is 3.82. The van der Waals surface area contributed by atoms with Crippen molar-refractivity contribution in [2.45, 2.75) is 6.92 Å². The summed E-state index contributed by atoms with van der Waals surface area (Å²) in [6.45, 7) is 2.51. The summed E-state index contributed by atoms with van der Waals surface area (Å²) in [7, 11) is 0. The van der Waals surface area contributed by atoms with Crippen LogP contribution in [0.5, 0.6) is 23.0 Å². The Hall–Kier alpha value is -3.68. The van der Waals surface area contributed by atoms with Gasteiger partial charge in [-0.15, -0.1) is 0 Å². The second kappa shape index (κ2) is 7.75. The van der Waals surface area contributed by atoms with Gasteiger partial charge >= 0.3 is 5.97 Å². The minimum atomic E-state index is -0.543. The lowest BCUT2D eigenvalue weighted by atomic mass is 10.1. The van der Waals surface area contributed by atoms with Gasteiger partial charge in [0.25, 0.3) is 0 Å². The lowest BCUT2D eigenvalue weighted by Gasteiger charge is -2.18. The van der Waals surface area contributed by atoms with Crippen molar-refractivity contribution in [2.24, 2.45) is 0 Å². The highest BCUT2D eigenvalue weighted by molar-refractivity contribution is 5.86. The van der Waals surface area contributed by atoms with Crippen LogP contribution in [0.15, 0.2) is 45.6 Å². The molecular formula is C21H18O8. The Morgan fingerprint density at radius 3 is 2.69 bits per heavy atom. The number of benzene rings is 2. The van der Waals surface area contributed by atoms with Crippen molar-refractivity contribution < 1.29 is 33.3 Å². The Balaban J connectivity index is 1.71. The van der Waals surface area contributed by atoms with Gasteiger partial charge in [-0.05, 0) is 25.1 Å². The molecule has 0 saturated heterocycles. The molecule has 0 atom stereocenters. The molecule has 8 heteroatoms. The highest BCUT2D eigenvalue weighted by Crippen LogP contribution is 2.36. The van der Waals surface area contributed by atoms with Crippen LogP contribution in [-0.2, 0) is 9.53 Å². The molecule has 1 aromatic heterocycles. The summed E-state index contributed by atoms with van der Waals surface area (Å²) in [6, 6.07) is 9.20. The molecule has 0 aliphatic carbocycles.